The summed E-state index contributed by atoms with van der Waals surface area (Å²) in [6.45, 7) is 0.428. The minimum absolute atomic E-state index is 0.0557. The van der Waals surface area contributed by atoms with Crippen LogP contribution in [0.1, 0.15) is 16.2 Å². The molecule has 0 fully saturated rings. The van der Waals surface area contributed by atoms with E-state index in [9.17, 15) is 9.18 Å². The summed E-state index contributed by atoms with van der Waals surface area (Å²) in [4.78, 5) is 18.6. The van der Waals surface area contributed by atoms with Crippen molar-refractivity contribution in [1.82, 2.24) is 9.97 Å². The van der Waals surface area contributed by atoms with Crippen molar-refractivity contribution < 1.29 is 9.18 Å². The number of nitrogens with one attached hydrogen (secondary N) is 1. The van der Waals surface area contributed by atoms with Gasteiger partial charge in [0.05, 0.1) is 5.02 Å². The summed E-state index contributed by atoms with van der Waals surface area (Å²) in [5, 5.41) is 3.04. The largest absolute Gasteiger partial charge is 0.369 e. The standard InChI is InChI=1S/C13H11ClFN4O/c14-9-7-8(1-2-10(9)15)3-5-17-11-4-6-18-13(19-11)12(16)20/h1-4,6-7H,5H2,(H2,16,20)(H,17,18,19). The fourth-order valence-corrected chi connectivity index (χ4v) is 1.68. The van der Waals surface area contributed by atoms with Crippen LogP contribution < -0.4 is 11.1 Å². The zero-order chi connectivity index (χ0) is 14.5. The van der Waals surface area contributed by atoms with Crippen molar-refractivity contribution in [3.05, 3.63) is 59.1 Å². The van der Waals surface area contributed by atoms with Crippen LogP contribution in [-0.4, -0.2) is 22.4 Å². The van der Waals surface area contributed by atoms with Gasteiger partial charge in [-0.25, -0.2) is 14.4 Å². The number of amides is 1. The summed E-state index contributed by atoms with van der Waals surface area (Å²) in [6.07, 6.45) is 3.24. The van der Waals surface area contributed by atoms with Crippen LogP contribution in [0.4, 0.5) is 10.2 Å². The summed E-state index contributed by atoms with van der Waals surface area (Å²) in [6, 6.07) is 6.03. The molecule has 1 heterocycles. The third-order valence-electron chi connectivity index (χ3n) is 2.44. The van der Waals surface area contributed by atoms with E-state index in [2.05, 4.69) is 15.3 Å². The predicted octanol–water partition coefficient (Wildman–Crippen LogP) is 2.03. The molecule has 1 amide bonds. The smallest absolute Gasteiger partial charge is 0.286 e. The second kappa shape index (κ2) is 6.29. The Kier molecular flexibility index (Phi) is 4.47. The maximum Gasteiger partial charge on any atom is 0.286 e. The number of nitrogens with zero attached hydrogens (tertiary/aromatic N) is 2. The lowest BCUT2D eigenvalue weighted by Gasteiger charge is -2.06. The molecule has 3 N–H and O–H groups in total. The van der Waals surface area contributed by atoms with Crippen molar-refractivity contribution in [1.29, 1.82) is 0 Å². The molecule has 103 valence electrons. The minimum Gasteiger partial charge on any atom is -0.369 e. The topological polar surface area (TPSA) is 80.9 Å². The molecule has 1 aromatic carbocycles. The first-order chi connectivity index (χ1) is 9.56. The van der Waals surface area contributed by atoms with Gasteiger partial charge in [-0.15, -0.1) is 0 Å². The van der Waals surface area contributed by atoms with Gasteiger partial charge in [-0.1, -0.05) is 17.7 Å². The molecule has 0 bridgehead atoms. The summed E-state index contributed by atoms with van der Waals surface area (Å²) in [7, 11) is 0. The molecule has 0 saturated carbocycles. The van der Waals surface area contributed by atoms with E-state index < -0.39 is 11.7 Å². The van der Waals surface area contributed by atoms with Gasteiger partial charge in [-0.2, -0.15) is 0 Å². The zero-order valence-electron chi connectivity index (χ0n) is 10.3. The van der Waals surface area contributed by atoms with E-state index in [4.69, 9.17) is 17.3 Å². The Balaban J connectivity index is 1.94. The molecule has 0 saturated heterocycles. The molecular formula is C13H11ClFN4O. The van der Waals surface area contributed by atoms with Crippen LogP contribution in [0.15, 0.2) is 30.5 Å². The number of nitrogens with two attached hydrogens (primary N) is 1. The first-order valence-corrected chi connectivity index (χ1v) is 6.09. The van der Waals surface area contributed by atoms with E-state index in [1.807, 2.05) is 0 Å². The van der Waals surface area contributed by atoms with Crippen molar-refractivity contribution in [3.63, 3.8) is 0 Å². The Hall–Kier alpha value is -2.21. The van der Waals surface area contributed by atoms with E-state index in [-0.39, 0.29) is 10.8 Å². The van der Waals surface area contributed by atoms with Gasteiger partial charge in [0.25, 0.3) is 5.91 Å². The molecule has 0 unspecified atom stereocenters. The molecule has 2 rings (SSSR count). The number of carbonyl (C=O) groups excluding carboxylic acids is 1. The zero-order valence-corrected chi connectivity index (χ0v) is 11.1. The molecule has 0 aliphatic heterocycles. The van der Waals surface area contributed by atoms with Crippen LogP contribution in [-0.2, 0) is 0 Å². The summed E-state index contributed by atoms with van der Waals surface area (Å²) < 4.78 is 13.0. The van der Waals surface area contributed by atoms with Crippen LogP contribution in [0.5, 0.6) is 0 Å². The van der Waals surface area contributed by atoms with E-state index in [1.165, 1.54) is 18.3 Å². The summed E-state index contributed by atoms with van der Waals surface area (Å²) in [5.41, 5.74) is 5.85. The summed E-state index contributed by atoms with van der Waals surface area (Å²) >= 11 is 5.68. The van der Waals surface area contributed by atoms with Crippen LogP contribution >= 0.6 is 11.6 Å². The van der Waals surface area contributed by atoms with E-state index in [0.717, 1.165) is 5.56 Å². The average Bonchev–Trinajstić information content (AvgIpc) is 2.43. The van der Waals surface area contributed by atoms with Crippen molar-refractivity contribution in [2.45, 2.75) is 0 Å². The van der Waals surface area contributed by atoms with Crippen molar-refractivity contribution >= 4 is 23.3 Å². The molecule has 0 aliphatic carbocycles. The van der Waals surface area contributed by atoms with Gasteiger partial charge < -0.3 is 11.1 Å². The third-order valence-corrected chi connectivity index (χ3v) is 2.73. The molecule has 7 heteroatoms. The van der Waals surface area contributed by atoms with E-state index in [1.54, 1.807) is 18.6 Å². The SMILES string of the molecule is NC(=O)c1nccc(NC[CH]c2ccc(F)c(Cl)c2)n1. The number of benzene rings is 1. The Bertz CT molecular complexity index is 636. The van der Waals surface area contributed by atoms with E-state index in [0.29, 0.717) is 12.4 Å². The number of anilines is 1. The fraction of sp³-hybridized carbons (Fsp3) is 0.0769. The number of hydrogen-bond acceptors (Lipinski definition) is 4. The molecule has 1 aromatic heterocycles. The Labute approximate surface area is 120 Å². The number of halogens is 2. The van der Waals surface area contributed by atoms with Crippen LogP contribution in [0, 0.1) is 12.2 Å². The van der Waals surface area contributed by atoms with Crippen molar-refractivity contribution in [2.24, 2.45) is 5.73 Å². The summed E-state index contributed by atoms with van der Waals surface area (Å²) in [5.74, 6) is -0.736. The van der Waals surface area contributed by atoms with Gasteiger partial charge in [0.1, 0.15) is 11.6 Å². The lowest BCUT2D eigenvalue weighted by Crippen LogP contribution is -2.16. The van der Waals surface area contributed by atoms with Gasteiger partial charge in [0.2, 0.25) is 5.82 Å². The molecule has 0 aliphatic rings. The highest BCUT2D eigenvalue weighted by Gasteiger charge is 2.05. The Morgan fingerprint density at radius 2 is 2.25 bits per heavy atom. The maximum absolute atomic E-state index is 13.0. The quantitative estimate of drug-likeness (QED) is 0.884. The molecule has 0 atom stereocenters. The number of carbonyl (C=O) groups is 1. The van der Waals surface area contributed by atoms with Gasteiger partial charge >= 0.3 is 0 Å². The van der Waals surface area contributed by atoms with Gasteiger partial charge in [0.15, 0.2) is 0 Å². The van der Waals surface area contributed by atoms with Gasteiger partial charge in [-0.05, 0) is 23.8 Å². The highest BCUT2D eigenvalue weighted by molar-refractivity contribution is 6.30. The number of primary amides is 1. The molecular weight excluding hydrogens is 283 g/mol. The number of rotatable bonds is 5. The predicted molar refractivity (Wildman–Crippen MR) is 73.9 cm³/mol. The lowest BCUT2D eigenvalue weighted by molar-refractivity contribution is 0.0990. The maximum atomic E-state index is 13.0. The first-order valence-electron chi connectivity index (χ1n) is 5.71. The van der Waals surface area contributed by atoms with Crippen LogP contribution in [0.2, 0.25) is 5.02 Å². The van der Waals surface area contributed by atoms with E-state index >= 15 is 0 Å². The van der Waals surface area contributed by atoms with Gasteiger partial charge in [0, 0.05) is 19.2 Å². The fourth-order valence-electron chi connectivity index (χ4n) is 1.49. The molecule has 2 aromatic rings. The Morgan fingerprint density at radius 1 is 1.45 bits per heavy atom. The number of hydrogen-bond donors (Lipinski definition) is 2. The van der Waals surface area contributed by atoms with Crippen LogP contribution in [0.25, 0.3) is 0 Å². The monoisotopic (exact) mass is 293 g/mol. The molecule has 5 nitrogen and oxygen atoms in total. The molecule has 20 heavy (non-hydrogen) atoms. The molecule has 0 spiro atoms. The third kappa shape index (κ3) is 3.64. The minimum atomic E-state index is -0.692. The van der Waals surface area contributed by atoms with Crippen molar-refractivity contribution in [2.75, 3.05) is 11.9 Å². The lowest BCUT2D eigenvalue weighted by atomic mass is 10.1. The number of aromatic nitrogens is 2. The highest BCUT2D eigenvalue weighted by Crippen LogP contribution is 2.17. The second-order valence-electron chi connectivity index (χ2n) is 3.89. The normalized spacial score (nSPS) is 10.3. The first kappa shape index (κ1) is 14.2. The second-order valence-corrected chi connectivity index (χ2v) is 4.30. The highest BCUT2D eigenvalue weighted by atomic mass is 35.5. The average molecular weight is 294 g/mol. The van der Waals surface area contributed by atoms with Crippen molar-refractivity contribution in [3.8, 4) is 0 Å². The molecule has 1 radical (unpaired) electrons. The van der Waals surface area contributed by atoms with Gasteiger partial charge in [-0.3, -0.25) is 4.79 Å². The Morgan fingerprint density at radius 3 is 2.95 bits per heavy atom. The van der Waals surface area contributed by atoms with Crippen LogP contribution in [0.3, 0.4) is 0 Å².